The molecule has 1 N–H and O–H groups in total. The number of hydrogen-bond acceptors (Lipinski definition) is 1. The van der Waals surface area contributed by atoms with Crippen LogP contribution in [-0.2, 0) is 4.79 Å². The van der Waals surface area contributed by atoms with Crippen LogP contribution in [0.5, 0.6) is 0 Å². The van der Waals surface area contributed by atoms with Crippen molar-refractivity contribution in [1.82, 2.24) is 0 Å². The van der Waals surface area contributed by atoms with Crippen LogP contribution in [0, 0.1) is 52.3 Å². The van der Waals surface area contributed by atoms with Gasteiger partial charge < -0.3 is 5.11 Å². The molecule has 0 bridgehead atoms. The molecule has 0 amide bonds. The Labute approximate surface area is 203 Å². The summed E-state index contributed by atoms with van der Waals surface area (Å²) in [7, 11) is 0. The molecule has 4 aliphatic rings. The van der Waals surface area contributed by atoms with Crippen molar-refractivity contribution in [3.8, 4) is 0 Å². The van der Waals surface area contributed by atoms with Crippen molar-refractivity contribution in [2.75, 3.05) is 0 Å². The van der Waals surface area contributed by atoms with Gasteiger partial charge in [0.1, 0.15) is 0 Å². The summed E-state index contributed by atoms with van der Waals surface area (Å²) < 4.78 is 0. The van der Waals surface area contributed by atoms with Crippen molar-refractivity contribution in [2.45, 2.75) is 112 Å². The minimum absolute atomic E-state index is 0.354. The Bertz CT molecular complexity index is 791. The Morgan fingerprint density at radius 1 is 1.09 bits per heavy atom. The first kappa shape index (κ1) is 25.1. The Kier molecular flexibility index (Phi) is 7.24. The number of carboxylic acids is 1. The van der Waals surface area contributed by atoms with Crippen molar-refractivity contribution in [3.63, 3.8) is 0 Å². The average Bonchev–Trinajstić information content (AvgIpc) is 3.11. The summed E-state index contributed by atoms with van der Waals surface area (Å²) in [4.78, 5) is 11.3. The van der Waals surface area contributed by atoms with E-state index in [0.29, 0.717) is 22.3 Å². The molecule has 3 saturated carbocycles. The second kappa shape index (κ2) is 9.54. The van der Waals surface area contributed by atoms with Gasteiger partial charge in [-0.2, -0.15) is 0 Å². The topological polar surface area (TPSA) is 37.3 Å². The highest BCUT2D eigenvalue weighted by atomic mass is 16.4. The van der Waals surface area contributed by atoms with Crippen LogP contribution in [0.4, 0.5) is 0 Å². The Morgan fingerprint density at radius 2 is 1.85 bits per heavy atom. The van der Waals surface area contributed by atoms with Crippen LogP contribution in [0.2, 0.25) is 0 Å². The van der Waals surface area contributed by atoms with Crippen LogP contribution in [0.25, 0.3) is 0 Å². The molecule has 0 aromatic carbocycles. The zero-order chi connectivity index (χ0) is 24.0. The third-order valence-corrected chi connectivity index (χ3v) is 11.2. The summed E-state index contributed by atoms with van der Waals surface area (Å²) in [5.41, 5.74) is 3.09. The van der Waals surface area contributed by atoms with E-state index in [1.807, 2.05) is 6.08 Å². The maximum atomic E-state index is 11.3. The van der Waals surface area contributed by atoms with Gasteiger partial charge in [0.25, 0.3) is 0 Å². The number of hydrogen-bond donors (Lipinski definition) is 1. The van der Waals surface area contributed by atoms with E-state index in [0.717, 1.165) is 48.3 Å². The van der Waals surface area contributed by atoms with Crippen LogP contribution >= 0.6 is 0 Å². The summed E-state index contributed by atoms with van der Waals surface area (Å²) in [5.74, 6) is 4.91. The summed E-state index contributed by atoms with van der Waals surface area (Å²) >= 11 is 0. The molecule has 8 atom stereocenters. The fourth-order valence-electron chi connectivity index (χ4n) is 9.28. The van der Waals surface area contributed by atoms with E-state index in [-0.39, 0.29) is 0 Å². The first-order valence-corrected chi connectivity index (χ1v) is 14.2. The van der Waals surface area contributed by atoms with Gasteiger partial charge >= 0.3 is 5.97 Å². The van der Waals surface area contributed by atoms with E-state index < -0.39 is 5.97 Å². The number of allylic oxidation sites excluding steroid dienone is 3. The largest absolute Gasteiger partial charge is 0.478 e. The molecule has 0 unspecified atom stereocenters. The maximum Gasteiger partial charge on any atom is 0.330 e. The van der Waals surface area contributed by atoms with Gasteiger partial charge in [0.05, 0.1) is 0 Å². The lowest BCUT2D eigenvalue weighted by Crippen LogP contribution is -2.50. The van der Waals surface area contributed by atoms with Crippen LogP contribution in [0.15, 0.2) is 23.3 Å². The Hall–Kier alpha value is -1.05. The summed E-state index contributed by atoms with van der Waals surface area (Å²) in [5, 5.41) is 9.31. The van der Waals surface area contributed by atoms with E-state index >= 15 is 0 Å². The van der Waals surface area contributed by atoms with Gasteiger partial charge in [-0.05, 0) is 111 Å². The van der Waals surface area contributed by atoms with Crippen molar-refractivity contribution in [2.24, 2.45) is 52.3 Å². The Morgan fingerprint density at radius 3 is 2.55 bits per heavy atom. The van der Waals surface area contributed by atoms with Gasteiger partial charge in [-0.25, -0.2) is 4.79 Å². The molecule has 186 valence electrons. The molecule has 0 saturated heterocycles. The molecule has 2 heteroatoms. The van der Waals surface area contributed by atoms with Crippen molar-refractivity contribution in [3.05, 3.63) is 23.3 Å². The van der Waals surface area contributed by atoms with Crippen LogP contribution in [0.3, 0.4) is 0 Å². The molecular weight excluding hydrogens is 404 g/mol. The zero-order valence-corrected chi connectivity index (χ0v) is 22.3. The van der Waals surface area contributed by atoms with Crippen LogP contribution in [-0.4, -0.2) is 11.1 Å². The normalized spacial score (nSPS) is 41.7. The van der Waals surface area contributed by atoms with Crippen LogP contribution < -0.4 is 0 Å². The SMILES string of the molecule is C/C(=C\[C@H]1CC[C@@]2(C)C(=CC[C@H]3[C@@H]4CC[C@H]([C@H](C)CCCC(C)C)[C@@]4(C)CC[C@@H]32)C1)C(=O)O. The van der Waals surface area contributed by atoms with Gasteiger partial charge in [-0.15, -0.1) is 0 Å². The minimum atomic E-state index is -0.762. The predicted octanol–water partition coefficient (Wildman–Crippen LogP) is 8.67. The van der Waals surface area contributed by atoms with Gasteiger partial charge in [0.2, 0.25) is 0 Å². The predicted molar refractivity (Wildman–Crippen MR) is 138 cm³/mol. The van der Waals surface area contributed by atoms with Gasteiger partial charge in [-0.1, -0.05) is 71.6 Å². The highest BCUT2D eigenvalue weighted by Gasteiger charge is 2.59. The average molecular weight is 455 g/mol. The molecule has 2 nitrogen and oxygen atoms in total. The second-order valence-electron chi connectivity index (χ2n) is 13.4. The monoisotopic (exact) mass is 454 g/mol. The molecule has 0 aromatic heterocycles. The molecular formula is C31H50O2. The molecule has 33 heavy (non-hydrogen) atoms. The van der Waals surface area contributed by atoms with Crippen LogP contribution in [0.1, 0.15) is 112 Å². The number of rotatable bonds is 7. The molecule has 0 aliphatic heterocycles. The van der Waals surface area contributed by atoms with E-state index in [1.54, 1.807) is 12.5 Å². The molecule has 0 spiro atoms. The standard InChI is InChI=1S/C31H50O2/c1-20(2)8-7-9-21(3)26-12-13-27-25-11-10-24-19-23(18-22(4)29(32)33)14-16-30(24,5)28(25)15-17-31(26,27)6/h10,18,20-21,23,25-28H,7-9,11-17,19H2,1-6H3,(H,32,33)/b22-18+/t21-,23-,25+,26-,27+,28+,30+,31-/m1/s1. The lowest BCUT2D eigenvalue weighted by atomic mass is 9.46. The quantitative estimate of drug-likeness (QED) is 0.308. The lowest BCUT2D eigenvalue weighted by Gasteiger charge is -2.58. The number of fused-ring (bicyclic) bond motifs is 5. The third-order valence-electron chi connectivity index (χ3n) is 11.2. The Balaban J connectivity index is 1.47. The van der Waals surface area contributed by atoms with Crippen molar-refractivity contribution >= 4 is 5.97 Å². The molecule has 0 aromatic rings. The summed E-state index contributed by atoms with van der Waals surface area (Å²) in [6, 6.07) is 0. The molecule has 0 heterocycles. The smallest absolute Gasteiger partial charge is 0.330 e. The first-order chi connectivity index (χ1) is 15.6. The number of aliphatic carboxylic acids is 1. The summed E-state index contributed by atoms with van der Waals surface area (Å²) in [6.45, 7) is 14.3. The second-order valence-corrected chi connectivity index (χ2v) is 13.4. The lowest BCUT2D eigenvalue weighted by molar-refractivity contribution is -0.132. The highest BCUT2D eigenvalue weighted by molar-refractivity contribution is 5.85. The number of carbonyl (C=O) groups is 1. The molecule has 3 fully saturated rings. The van der Waals surface area contributed by atoms with Crippen molar-refractivity contribution in [1.29, 1.82) is 0 Å². The maximum absolute atomic E-state index is 11.3. The number of carboxylic acid groups (broad SMARTS) is 1. The van der Waals surface area contributed by atoms with Crippen molar-refractivity contribution < 1.29 is 9.90 Å². The van der Waals surface area contributed by atoms with E-state index in [4.69, 9.17) is 0 Å². The fourth-order valence-corrected chi connectivity index (χ4v) is 9.28. The van der Waals surface area contributed by atoms with Gasteiger partial charge in [-0.3, -0.25) is 0 Å². The first-order valence-electron chi connectivity index (χ1n) is 14.2. The zero-order valence-electron chi connectivity index (χ0n) is 22.3. The highest BCUT2D eigenvalue weighted by Crippen LogP contribution is 2.67. The minimum Gasteiger partial charge on any atom is -0.478 e. The fraction of sp³-hybridized carbons (Fsp3) is 0.839. The van der Waals surface area contributed by atoms with E-state index in [1.165, 1.54) is 57.8 Å². The van der Waals surface area contributed by atoms with Gasteiger partial charge in [0.15, 0.2) is 0 Å². The molecule has 0 radical (unpaired) electrons. The van der Waals surface area contributed by atoms with E-state index in [9.17, 15) is 9.90 Å². The third kappa shape index (κ3) is 4.62. The van der Waals surface area contributed by atoms with E-state index in [2.05, 4.69) is 40.7 Å². The summed E-state index contributed by atoms with van der Waals surface area (Å²) in [6.07, 6.45) is 19.4. The molecule has 4 rings (SSSR count). The van der Waals surface area contributed by atoms with Gasteiger partial charge in [0, 0.05) is 5.57 Å². The molecule has 4 aliphatic carbocycles.